The molecule has 0 heterocycles. The molecule has 0 radical (unpaired) electrons. The van der Waals surface area contributed by atoms with Gasteiger partial charge in [-0.25, -0.2) is 4.79 Å². The van der Waals surface area contributed by atoms with Gasteiger partial charge in [-0.3, -0.25) is 10.1 Å². The van der Waals surface area contributed by atoms with Gasteiger partial charge in [0.25, 0.3) is 0 Å². The second kappa shape index (κ2) is 7.21. The number of carbonyl (C=O) groups excluding carboxylic acids is 1. The highest BCUT2D eigenvalue weighted by Crippen LogP contribution is 2.27. The summed E-state index contributed by atoms with van der Waals surface area (Å²) >= 11 is 0. The summed E-state index contributed by atoms with van der Waals surface area (Å²) in [5, 5.41) is 10.9. The Hall–Kier alpha value is -2.89. The minimum atomic E-state index is -0.670. The number of ether oxygens (including phenoxy) is 2. The Morgan fingerprint density at radius 1 is 1.18 bits per heavy atom. The van der Waals surface area contributed by atoms with Crippen LogP contribution in [0.3, 0.4) is 0 Å². The van der Waals surface area contributed by atoms with E-state index in [0.29, 0.717) is 12.4 Å². The standard InChI is InChI=1S/C16H15NO5/c1-2-10-21-13-7-5-6-12(11-13)16(18)22-15-9-4-3-8-14(15)17(19)20/h3-9,11H,2,10H2,1H3. The summed E-state index contributed by atoms with van der Waals surface area (Å²) in [5.74, 6) is -0.201. The summed E-state index contributed by atoms with van der Waals surface area (Å²) in [7, 11) is 0. The Labute approximate surface area is 127 Å². The Balaban J connectivity index is 2.17. The normalized spacial score (nSPS) is 10.0. The first kappa shape index (κ1) is 15.5. The van der Waals surface area contributed by atoms with Gasteiger partial charge in [0.2, 0.25) is 5.75 Å². The highest BCUT2D eigenvalue weighted by atomic mass is 16.6. The summed E-state index contributed by atoms with van der Waals surface area (Å²) in [6, 6.07) is 12.3. The minimum absolute atomic E-state index is 0.0858. The van der Waals surface area contributed by atoms with Crippen molar-refractivity contribution in [1.82, 2.24) is 0 Å². The van der Waals surface area contributed by atoms with E-state index in [-0.39, 0.29) is 17.0 Å². The average molecular weight is 301 g/mol. The highest BCUT2D eigenvalue weighted by molar-refractivity contribution is 5.91. The lowest BCUT2D eigenvalue weighted by molar-refractivity contribution is -0.385. The summed E-state index contributed by atoms with van der Waals surface area (Å²) < 4.78 is 10.6. The molecule has 0 bridgehead atoms. The molecular weight excluding hydrogens is 286 g/mol. The molecule has 22 heavy (non-hydrogen) atoms. The van der Waals surface area contributed by atoms with E-state index in [1.807, 2.05) is 6.92 Å². The number of hydrogen-bond donors (Lipinski definition) is 0. The summed E-state index contributed by atoms with van der Waals surface area (Å²) in [6.07, 6.45) is 0.852. The molecule has 0 spiro atoms. The van der Waals surface area contributed by atoms with Gasteiger partial charge in [0.15, 0.2) is 0 Å². The van der Waals surface area contributed by atoms with E-state index in [2.05, 4.69) is 0 Å². The molecule has 0 aliphatic carbocycles. The Morgan fingerprint density at radius 3 is 2.68 bits per heavy atom. The van der Waals surface area contributed by atoms with Gasteiger partial charge in [0, 0.05) is 6.07 Å². The van der Waals surface area contributed by atoms with Crippen LogP contribution in [0.15, 0.2) is 48.5 Å². The van der Waals surface area contributed by atoms with Crippen molar-refractivity contribution in [3.8, 4) is 11.5 Å². The average Bonchev–Trinajstić information content (AvgIpc) is 2.53. The lowest BCUT2D eigenvalue weighted by Gasteiger charge is -2.07. The van der Waals surface area contributed by atoms with Gasteiger partial charge >= 0.3 is 11.7 Å². The van der Waals surface area contributed by atoms with E-state index in [1.54, 1.807) is 30.3 Å². The number of benzene rings is 2. The van der Waals surface area contributed by atoms with Gasteiger partial charge in [-0.2, -0.15) is 0 Å². The number of carbonyl (C=O) groups is 1. The molecule has 6 heteroatoms. The maximum Gasteiger partial charge on any atom is 0.343 e. The second-order valence-electron chi connectivity index (χ2n) is 4.49. The van der Waals surface area contributed by atoms with Crippen LogP contribution in [-0.2, 0) is 0 Å². The molecule has 2 aromatic rings. The zero-order chi connectivity index (χ0) is 15.9. The lowest BCUT2D eigenvalue weighted by atomic mass is 10.2. The molecule has 0 N–H and O–H groups in total. The first-order valence-corrected chi connectivity index (χ1v) is 6.80. The highest BCUT2D eigenvalue weighted by Gasteiger charge is 2.18. The maximum atomic E-state index is 12.1. The topological polar surface area (TPSA) is 78.7 Å². The van der Waals surface area contributed by atoms with E-state index in [0.717, 1.165) is 6.42 Å². The molecule has 2 aromatic carbocycles. The van der Waals surface area contributed by atoms with Crippen molar-refractivity contribution in [1.29, 1.82) is 0 Å². The molecule has 0 aliphatic heterocycles. The van der Waals surface area contributed by atoms with Crippen molar-refractivity contribution in [3.05, 3.63) is 64.2 Å². The smallest absolute Gasteiger partial charge is 0.343 e. The van der Waals surface area contributed by atoms with Gasteiger partial charge in [-0.05, 0) is 30.7 Å². The molecule has 0 saturated heterocycles. The lowest BCUT2D eigenvalue weighted by Crippen LogP contribution is -2.10. The van der Waals surface area contributed by atoms with Crippen molar-refractivity contribution >= 4 is 11.7 Å². The molecule has 0 saturated carbocycles. The van der Waals surface area contributed by atoms with E-state index < -0.39 is 10.9 Å². The molecule has 2 rings (SSSR count). The van der Waals surface area contributed by atoms with Crippen LogP contribution in [0, 0.1) is 10.1 Å². The largest absolute Gasteiger partial charge is 0.494 e. The van der Waals surface area contributed by atoms with E-state index in [9.17, 15) is 14.9 Å². The Bertz CT molecular complexity index is 684. The van der Waals surface area contributed by atoms with Crippen LogP contribution >= 0.6 is 0 Å². The van der Waals surface area contributed by atoms with E-state index in [1.165, 1.54) is 18.2 Å². The van der Waals surface area contributed by atoms with Crippen LogP contribution in [0.5, 0.6) is 11.5 Å². The van der Waals surface area contributed by atoms with Gasteiger partial charge in [0.05, 0.1) is 17.1 Å². The zero-order valence-corrected chi connectivity index (χ0v) is 12.0. The number of hydrogen-bond acceptors (Lipinski definition) is 5. The van der Waals surface area contributed by atoms with Crippen molar-refractivity contribution in [3.63, 3.8) is 0 Å². The molecule has 0 atom stereocenters. The molecule has 114 valence electrons. The number of esters is 1. The van der Waals surface area contributed by atoms with Crippen molar-refractivity contribution in [2.45, 2.75) is 13.3 Å². The first-order chi connectivity index (χ1) is 10.6. The van der Waals surface area contributed by atoms with Crippen molar-refractivity contribution in [2.24, 2.45) is 0 Å². The van der Waals surface area contributed by atoms with Gasteiger partial charge < -0.3 is 9.47 Å². The van der Waals surface area contributed by atoms with Gasteiger partial charge in [0.1, 0.15) is 5.75 Å². The molecular formula is C16H15NO5. The Kier molecular flexibility index (Phi) is 5.08. The predicted octanol–water partition coefficient (Wildman–Crippen LogP) is 3.60. The van der Waals surface area contributed by atoms with Crippen LogP contribution < -0.4 is 9.47 Å². The molecule has 0 aliphatic rings. The predicted molar refractivity (Wildman–Crippen MR) is 80.3 cm³/mol. The van der Waals surface area contributed by atoms with E-state index in [4.69, 9.17) is 9.47 Å². The molecule has 0 unspecified atom stereocenters. The van der Waals surface area contributed by atoms with Crippen LogP contribution in [0.4, 0.5) is 5.69 Å². The minimum Gasteiger partial charge on any atom is -0.494 e. The number of nitrogens with zero attached hydrogens (tertiary/aromatic N) is 1. The molecule has 6 nitrogen and oxygen atoms in total. The van der Waals surface area contributed by atoms with Crippen molar-refractivity contribution < 1.29 is 19.2 Å². The van der Waals surface area contributed by atoms with Gasteiger partial charge in [-0.1, -0.05) is 25.1 Å². The first-order valence-electron chi connectivity index (χ1n) is 6.80. The molecule has 0 amide bonds. The van der Waals surface area contributed by atoms with Gasteiger partial charge in [-0.15, -0.1) is 0 Å². The van der Waals surface area contributed by atoms with Crippen LogP contribution in [-0.4, -0.2) is 17.5 Å². The molecule has 0 fully saturated rings. The monoisotopic (exact) mass is 301 g/mol. The number of nitro benzene ring substituents is 1. The third-order valence-corrected chi connectivity index (χ3v) is 2.81. The molecule has 0 aromatic heterocycles. The summed E-state index contributed by atoms with van der Waals surface area (Å²) in [6.45, 7) is 2.52. The van der Waals surface area contributed by atoms with Crippen molar-refractivity contribution in [2.75, 3.05) is 6.61 Å². The SMILES string of the molecule is CCCOc1cccc(C(=O)Oc2ccccc2[N+](=O)[O-])c1. The van der Waals surface area contributed by atoms with Crippen LogP contribution in [0.1, 0.15) is 23.7 Å². The van der Waals surface area contributed by atoms with E-state index >= 15 is 0 Å². The number of para-hydroxylation sites is 2. The Morgan fingerprint density at radius 2 is 1.95 bits per heavy atom. The number of nitro groups is 1. The fourth-order valence-electron chi connectivity index (χ4n) is 1.79. The third kappa shape index (κ3) is 3.82. The summed E-state index contributed by atoms with van der Waals surface area (Å²) in [5.41, 5.74) is 0.0148. The fourth-order valence-corrected chi connectivity index (χ4v) is 1.79. The van der Waals surface area contributed by atoms with Crippen LogP contribution in [0.25, 0.3) is 0 Å². The fraction of sp³-hybridized carbons (Fsp3) is 0.188. The second-order valence-corrected chi connectivity index (χ2v) is 4.49. The summed E-state index contributed by atoms with van der Waals surface area (Å²) in [4.78, 5) is 22.4. The number of rotatable bonds is 6. The van der Waals surface area contributed by atoms with Crippen LogP contribution in [0.2, 0.25) is 0 Å². The quantitative estimate of drug-likeness (QED) is 0.352. The third-order valence-electron chi connectivity index (χ3n) is 2.81. The maximum absolute atomic E-state index is 12.1. The zero-order valence-electron chi connectivity index (χ0n) is 12.0.